The summed E-state index contributed by atoms with van der Waals surface area (Å²) in [5, 5.41) is 2.38. The zero-order valence-electron chi connectivity index (χ0n) is 13.1. The topological polar surface area (TPSA) is 62.3 Å². The van der Waals surface area contributed by atoms with Crippen molar-refractivity contribution in [2.45, 2.75) is 19.9 Å². The average Bonchev–Trinajstić information content (AvgIpc) is 2.54. The van der Waals surface area contributed by atoms with Crippen LogP contribution < -0.4 is 5.32 Å². The standard InChI is InChI=1S/C17H17F2N3O2/c1-12-7-14(9-20-8-12)21-16(23)17(24)22(11-15(18)19)10-13-5-3-2-4-6-13/h2-9,15H,10-11H2,1H3,(H,21,23). The van der Waals surface area contributed by atoms with Crippen molar-refractivity contribution in [2.24, 2.45) is 0 Å². The molecule has 126 valence electrons. The van der Waals surface area contributed by atoms with Gasteiger partial charge in [-0.2, -0.15) is 0 Å². The summed E-state index contributed by atoms with van der Waals surface area (Å²) in [6, 6.07) is 10.3. The van der Waals surface area contributed by atoms with Crippen LogP contribution >= 0.6 is 0 Å². The highest BCUT2D eigenvalue weighted by molar-refractivity contribution is 6.39. The minimum absolute atomic E-state index is 0.0660. The minimum Gasteiger partial charge on any atom is -0.324 e. The first kappa shape index (κ1) is 17.5. The molecule has 7 heteroatoms. The van der Waals surface area contributed by atoms with E-state index >= 15 is 0 Å². The fourth-order valence-corrected chi connectivity index (χ4v) is 2.14. The third-order valence-corrected chi connectivity index (χ3v) is 3.19. The number of carbonyl (C=O) groups is 2. The molecule has 0 atom stereocenters. The van der Waals surface area contributed by atoms with E-state index in [1.165, 1.54) is 6.20 Å². The minimum atomic E-state index is -2.73. The Balaban J connectivity index is 2.09. The molecule has 1 N–H and O–H groups in total. The highest BCUT2D eigenvalue weighted by Crippen LogP contribution is 2.10. The molecular weight excluding hydrogens is 316 g/mol. The molecule has 1 heterocycles. The van der Waals surface area contributed by atoms with Crippen molar-refractivity contribution in [3.63, 3.8) is 0 Å². The highest BCUT2D eigenvalue weighted by Gasteiger charge is 2.25. The molecule has 0 aliphatic carbocycles. The number of halogens is 2. The number of hydrogen-bond acceptors (Lipinski definition) is 3. The van der Waals surface area contributed by atoms with Gasteiger partial charge in [-0.05, 0) is 24.1 Å². The van der Waals surface area contributed by atoms with Gasteiger partial charge in [-0.1, -0.05) is 30.3 Å². The molecule has 0 aliphatic rings. The monoisotopic (exact) mass is 333 g/mol. The van der Waals surface area contributed by atoms with Crippen molar-refractivity contribution >= 4 is 17.5 Å². The van der Waals surface area contributed by atoms with Gasteiger partial charge in [0.05, 0.1) is 18.4 Å². The summed E-state index contributed by atoms with van der Waals surface area (Å²) in [5.74, 6) is -1.99. The third kappa shape index (κ3) is 5.12. The Bertz CT molecular complexity index is 708. The van der Waals surface area contributed by atoms with Crippen LogP contribution in [0.5, 0.6) is 0 Å². The summed E-state index contributed by atoms with van der Waals surface area (Å²) in [7, 11) is 0. The molecule has 2 aromatic rings. The molecule has 0 fully saturated rings. The van der Waals surface area contributed by atoms with Crippen molar-refractivity contribution in [3.8, 4) is 0 Å². The van der Waals surface area contributed by atoms with Gasteiger partial charge in [0.15, 0.2) is 0 Å². The number of aryl methyl sites for hydroxylation is 1. The molecule has 0 unspecified atom stereocenters. The Hall–Kier alpha value is -2.83. The van der Waals surface area contributed by atoms with Crippen molar-refractivity contribution in [1.82, 2.24) is 9.88 Å². The number of nitrogens with one attached hydrogen (secondary N) is 1. The van der Waals surface area contributed by atoms with Crippen molar-refractivity contribution in [3.05, 3.63) is 59.9 Å². The Labute approximate surface area is 138 Å². The van der Waals surface area contributed by atoms with Gasteiger partial charge in [0.25, 0.3) is 6.43 Å². The normalized spacial score (nSPS) is 10.5. The quantitative estimate of drug-likeness (QED) is 0.856. The van der Waals surface area contributed by atoms with Crippen LogP contribution in [-0.4, -0.2) is 34.7 Å². The van der Waals surface area contributed by atoms with Gasteiger partial charge >= 0.3 is 11.8 Å². The molecule has 0 saturated carbocycles. The lowest BCUT2D eigenvalue weighted by molar-refractivity contribution is -0.144. The van der Waals surface area contributed by atoms with Crippen molar-refractivity contribution in [2.75, 3.05) is 11.9 Å². The number of rotatable bonds is 5. The SMILES string of the molecule is Cc1cncc(NC(=O)C(=O)N(Cc2ccccc2)CC(F)F)c1. The van der Waals surface area contributed by atoms with E-state index in [-0.39, 0.29) is 6.54 Å². The van der Waals surface area contributed by atoms with E-state index in [0.29, 0.717) is 11.3 Å². The number of nitrogens with zero attached hydrogens (tertiary/aromatic N) is 2. The number of benzene rings is 1. The van der Waals surface area contributed by atoms with Crippen LogP contribution in [0.3, 0.4) is 0 Å². The highest BCUT2D eigenvalue weighted by atomic mass is 19.3. The summed E-state index contributed by atoms with van der Waals surface area (Å²) in [6.07, 6.45) is 0.245. The molecule has 0 spiro atoms. The van der Waals surface area contributed by atoms with Crippen LogP contribution in [0, 0.1) is 6.92 Å². The summed E-state index contributed by atoms with van der Waals surface area (Å²) < 4.78 is 25.5. The van der Waals surface area contributed by atoms with E-state index in [9.17, 15) is 18.4 Å². The van der Waals surface area contributed by atoms with Crippen LogP contribution in [0.2, 0.25) is 0 Å². The molecule has 0 aliphatic heterocycles. The summed E-state index contributed by atoms with van der Waals surface area (Å²) >= 11 is 0. The summed E-state index contributed by atoms with van der Waals surface area (Å²) in [6.45, 7) is 0.902. The number of amides is 2. The van der Waals surface area contributed by atoms with E-state index in [2.05, 4.69) is 10.3 Å². The lowest BCUT2D eigenvalue weighted by Gasteiger charge is -2.21. The fraction of sp³-hybridized carbons (Fsp3) is 0.235. The molecule has 0 saturated heterocycles. The summed E-state index contributed by atoms with van der Waals surface area (Å²) in [4.78, 5) is 29.0. The first-order valence-electron chi connectivity index (χ1n) is 7.29. The Morgan fingerprint density at radius 1 is 1.21 bits per heavy atom. The zero-order chi connectivity index (χ0) is 17.5. The molecule has 24 heavy (non-hydrogen) atoms. The lowest BCUT2D eigenvalue weighted by atomic mass is 10.2. The molecule has 2 amide bonds. The zero-order valence-corrected chi connectivity index (χ0v) is 13.1. The molecular formula is C17H17F2N3O2. The van der Waals surface area contributed by atoms with Crippen LogP contribution in [0.4, 0.5) is 14.5 Å². The van der Waals surface area contributed by atoms with Crippen LogP contribution in [-0.2, 0) is 16.1 Å². The van der Waals surface area contributed by atoms with E-state index < -0.39 is 24.8 Å². The van der Waals surface area contributed by atoms with E-state index in [4.69, 9.17) is 0 Å². The maximum absolute atomic E-state index is 12.8. The van der Waals surface area contributed by atoms with E-state index in [1.54, 1.807) is 49.5 Å². The van der Waals surface area contributed by atoms with E-state index in [1.807, 2.05) is 0 Å². The van der Waals surface area contributed by atoms with Gasteiger partial charge in [0, 0.05) is 12.7 Å². The largest absolute Gasteiger partial charge is 0.324 e. The second-order valence-electron chi connectivity index (χ2n) is 5.27. The van der Waals surface area contributed by atoms with Crippen molar-refractivity contribution < 1.29 is 18.4 Å². The van der Waals surface area contributed by atoms with Gasteiger partial charge in [0.2, 0.25) is 0 Å². The Morgan fingerprint density at radius 2 is 1.92 bits per heavy atom. The van der Waals surface area contributed by atoms with E-state index in [0.717, 1.165) is 10.5 Å². The maximum atomic E-state index is 12.8. The molecule has 5 nitrogen and oxygen atoms in total. The Kier molecular flexibility index (Phi) is 5.95. The molecule has 2 rings (SSSR count). The molecule has 0 radical (unpaired) electrons. The summed E-state index contributed by atoms with van der Waals surface area (Å²) in [5.41, 5.74) is 1.80. The number of aromatic nitrogens is 1. The van der Waals surface area contributed by atoms with Crippen LogP contribution in [0.25, 0.3) is 0 Å². The van der Waals surface area contributed by atoms with Gasteiger partial charge in [-0.3, -0.25) is 14.6 Å². The van der Waals surface area contributed by atoms with Gasteiger partial charge in [0.1, 0.15) is 0 Å². The number of carbonyl (C=O) groups excluding carboxylic acids is 2. The first-order chi connectivity index (χ1) is 11.5. The van der Waals surface area contributed by atoms with Crippen LogP contribution in [0.1, 0.15) is 11.1 Å². The second-order valence-corrected chi connectivity index (χ2v) is 5.27. The van der Waals surface area contributed by atoms with Crippen LogP contribution in [0.15, 0.2) is 48.8 Å². The number of pyridine rings is 1. The molecule has 1 aromatic heterocycles. The number of anilines is 1. The first-order valence-corrected chi connectivity index (χ1v) is 7.29. The fourth-order valence-electron chi connectivity index (χ4n) is 2.14. The average molecular weight is 333 g/mol. The maximum Gasteiger partial charge on any atom is 0.313 e. The number of alkyl halides is 2. The van der Waals surface area contributed by atoms with Gasteiger partial charge in [-0.25, -0.2) is 8.78 Å². The predicted octanol–water partition coefficient (Wildman–Crippen LogP) is 2.62. The Morgan fingerprint density at radius 3 is 2.54 bits per heavy atom. The smallest absolute Gasteiger partial charge is 0.313 e. The molecule has 1 aromatic carbocycles. The second kappa shape index (κ2) is 8.14. The third-order valence-electron chi connectivity index (χ3n) is 3.19. The molecule has 0 bridgehead atoms. The lowest BCUT2D eigenvalue weighted by Crippen LogP contribution is -2.41. The number of hydrogen-bond donors (Lipinski definition) is 1. The van der Waals surface area contributed by atoms with Gasteiger partial charge in [-0.15, -0.1) is 0 Å². The van der Waals surface area contributed by atoms with Gasteiger partial charge < -0.3 is 10.2 Å². The van der Waals surface area contributed by atoms with Crippen molar-refractivity contribution in [1.29, 1.82) is 0 Å². The predicted molar refractivity (Wildman–Crippen MR) is 85.5 cm³/mol.